The van der Waals surface area contributed by atoms with E-state index in [1.807, 2.05) is 6.92 Å². The maximum absolute atomic E-state index is 8.08. The Morgan fingerprint density at radius 1 is 1.89 bits per heavy atom. The molecule has 0 aromatic heterocycles. The largest absolute Gasteiger partial charge is 0.428 e. The van der Waals surface area contributed by atoms with Crippen molar-refractivity contribution in [3.8, 4) is 0 Å². The van der Waals surface area contributed by atoms with Gasteiger partial charge in [0.05, 0.1) is 13.2 Å². The van der Waals surface area contributed by atoms with Crippen molar-refractivity contribution in [2.45, 2.75) is 13.0 Å². The molecular formula is C5H14O3Si. The average Bonchev–Trinajstić information content (AvgIpc) is 2.70. The Morgan fingerprint density at radius 2 is 2.33 bits per heavy atom. The molecule has 9 heavy (non-hydrogen) atoms. The minimum absolute atomic E-state index is 0.190. The minimum atomic E-state index is 0.190. The monoisotopic (exact) mass is 150 g/mol. The highest BCUT2D eigenvalue weighted by atomic mass is 28.2. The summed E-state index contributed by atoms with van der Waals surface area (Å²) >= 11 is 0. The van der Waals surface area contributed by atoms with Gasteiger partial charge >= 0.3 is 0 Å². The van der Waals surface area contributed by atoms with Crippen LogP contribution in [0.2, 0.25) is 0 Å². The van der Waals surface area contributed by atoms with Crippen molar-refractivity contribution in [3.05, 3.63) is 0 Å². The second kappa shape index (κ2) is 6.22. The lowest BCUT2D eigenvalue weighted by Gasteiger charge is -1.77. The first-order valence-electron chi connectivity index (χ1n) is 3.06. The number of aliphatic hydroxyl groups excluding tert-OH is 1. The summed E-state index contributed by atoms with van der Waals surface area (Å²) in [5, 5.41) is 8.08. The zero-order valence-electron chi connectivity index (χ0n) is 5.96. The molecule has 0 saturated carbocycles. The summed E-state index contributed by atoms with van der Waals surface area (Å²) in [6, 6.07) is 0. The van der Waals surface area contributed by atoms with Crippen molar-refractivity contribution in [3.63, 3.8) is 0 Å². The minimum Gasteiger partial charge on any atom is -0.428 e. The van der Waals surface area contributed by atoms with Crippen LogP contribution >= 0.6 is 0 Å². The van der Waals surface area contributed by atoms with E-state index in [0.29, 0.717) is 0 Å². The molecule has 1 aliphatic heterocycles. The van der Waals surface area contributed by atoms with E-state index in [1.54, 1.807) is 0 Å². The van der Waals surface area contributed by atoms with Crippen molar-refractivity contribution in [1.29, 1.82) is 0 Å². The second-order valence-corrected chi connectivity index (χ2v) is 2.29. The topological polar surface area (TPSA) is 42.0 Å². The lowest BCUT2D eigenvalue weighted by atomic mass is 10.5. The molecule has 0 aliphatic carbocycles. The van der Waals surface area contributed by atoms with E-state index in [-0.39, 0.29) is 12.7 Å². The molecule has 1 atom stereocenters. The summed E-state index contributed by atoms with van der Waals surface area (Å²) in [7, 11) is 0.890. The van der Waals surface area contributed by atoms with E-state index in [2.05, 4.69) is 9.16 Å². The highest BCUT2D eigenvalue weighted by molar-refractivity contribution is 5.97. The van der Waals surface area contributed by atoms with E-state index < -0.39 is 0 Å². The molecule has 3 nitrogen and oxygen atoms in total. The molecule has 0 aromatic carbocycles. The number of epoxide rings is 1. The SMILES string of the molecule is CCO[SiH3].OCC1CO1. The van der Waals surface area contributed by atoms with Gasteiger partial charge in [-0.15, -0.1) is 0 Å². The third-order valence-electron chi connectivity index (χ3n) is 0.895. The number of rotatable bonds is 2. The van der Waals surface area contributed by atoms with Crippen molar-refractivity contribution in [2.75, 3.05) is 19.8 Å². The van der Waals surface area contributed by atoms with Gasteiger partial charge in [0.25, 0.3) is 0 Å². The third kappa shape index (κ3) is 8.10. The first kappa shape index (κ1) is 9.10. The maximum atomic E-state index is 8.08. The highest BCUT2D eigenvalue weighted by Crippen LogP contribution is 2.04. The fourth-order valence-electron chi connectivity index (χ4n) is 0.173. The molecule has 56 valence electrons. The Bertz CT molecular complexity index is 54.2. The third-order valence-corrected chi connectivity index (χ3v) is 1.47. The Labute approximate surface area is 58.5 Å². The standard InChI is InChI=1S/C3H6O2.C2H8OSi/c4-1-3-2-5-3;1-2-3-4/h3-4H,1-2H2;2H2,1,4H3. The lowest BCUT2D eigenvalue weighted by Crippen LogP contribution is -1.88. The van der Waals surface area contributed by atoms with Crippen molar-refractivity contribution < 1.29 is 14.3 Å². The zero-order valence-corrected chi connectivity index (χ0v) is 7.96. The number of hydrogen-bond donors (Lipinski definition) is 1. The van der Waals surface area contributed by atoms with Crippen LogP contribution in [0.5, 0.6) is 0 Å². The van der Waals surface area contributed by atoms with Crippen molar-refractivity contribution >= 4 is 10.5 Å². The molecule has 0 bridgehead atoms. The fraction of sp³-hybridized carbons (Fsp3) is 1.00. The quantitative estimate of drug-likeness (QED) is 0.392. The highest BCUT2D eigenvalue weighted by Gasteiger charge is 2.19. The summed E-state index contributed by atoms with van der Waals surface area (Å²) < 4.78 is 9.29. The van der Waals surface area contributed by atoms with Crippen LogP contribution in [0, 0.1) is 0 Å². The second-order valence-electron chi connectivity index (χ2n) is 1.72. The molecule has 0 aromatic rings. The zero-order chi connectivity index (χ0) is 7.11. The summed E-state index contributed by atoms with van der Waals surface area (Å²) in [6.45, 7) is 3.83. The molecule has 0 radical (unpaired) electrons. The maximum Gasteiger partial charge on any atom is 0.145 e. The van der Waals surface area contributed by atoms with E-state index in [9.17, 15) is 0 Å². The van der Waals surface area contributed by atoms with Crippen LogP contribution in [0.25, 0.3) is 0 Å². The number of ether oxygens (including phenoxy) is 1. The van der Waals surface area contributed by atoms with Crippen molar-refractivity contribution in [2.24, 2.45) is 0 Å². The van der Waals surface area contributed by atoms with Crippen LogP contribution in [0.4, 0.5) is 0 Å². The Balaban J connectivity index is 0.000000148. The van der Waals surface area contributed by atoms with Crippen LogP contribution in [0.1, 0.15) is 6.92 Å². The number of aliphatic hydroxyl groups is 1. The molecule has 4 heteroatoms. The van der Waals surface area contributed by atoms with E-state index >= 15 is 0 Å². The first-order chi connectivity index (χ1) is 4.35. The Hall–Kier alpha value is 0.0969. The summed E-state index contributed by atoms with van der Waals surface area (Å²) in [5.74, 6) is 0. The molecule has 1 rings (SSSR count). The van der Waals surface area contributed by atoms with Crippen LogP contribution in [-0.4, -0.2) is 41.5 Å². The van der Waals surface area contributed by atoms with Gasteiger partial charge in [0.15, 0.2) is 0 Å². The molecule has 1 fully saturated rings. The van der Waals surface area contributed by atoms with Gasteiger partial charge < -0.3 is 14.3 Å². The van der Waals surface area contributed by atoms with Crippen LogP contribution < -0.4 is 0 Å². The molecular weight excluding hydrogens is 136 g/mol. The molecule has 1 saturated heterocycles. The number of hydrogen-bond acceptors (Lipinski definition) is 3. The van der Waals surface area contributed by atoms with Gasteiger partial charge in [-0.2, -0.15) is 0 Å². The predicted molar refractivity (Wildman–Crippen MR) is 38.4 cm³/mol. The van der Waals surface area contributed by atoms with Gasteiger partial charge in [0.1, 0.15) is 16.6 Å². The molecule has 1 N–H and O–H groups in total. The van der Waals surface area contributed by atoms with E-state index in [4.69, 9.17) is 5.11 Å². The van der Waals surface area contributed by atoms with Gasteiger partial charge in [-0.1, -0.05) is 0 Å². The molecule has 1 heterocycles. The smallest absolute Gasteiger partial charge is 0.145 e. The predicted octanol–water partition coefficient (Wildman–Crippen LogP) is -1.32. The van der Waals surface area contributed by atoms with Crippen LogP contribution in [0.3, 0.4) is 0 Å². The first-order valence-corrected chi connectivity index (χ1v) is 3.88. The molecule has 0 amide bonds. The summed E-state index contributed by atoms with van der Waals surface area (Å²) in [5.41, 5.74) is 0. The van der Waals surface area contributed by atoms with Gasteiger partial charge in [0.2, 0.25) is 0 Å². The Kier molecular flexibility index (Phi) is 6.29. The van der Waals surface area contributed by atoms with Gasteiger partial charge in [-0.05, 0) is 6.92 Å². The van der Waals surface area contributed by atoms with E-state index in [0.717, 1.165) is 23.7 Å². The molecule has 1 aliphatic rings. The van der Waals surface area contributed by atoms with Crippen LogP contribution in [-0.2, 0) is 9.16 Å². The van der Waals surface area contributed by atoms with Gasteiger partial charge in [-0.3, -0.25) is 0 Å². The van der Waals surface area contributed by atoms with Crippen LogP contribution in [0.15, 0.2) is 0 Å². The molecule has 1 unspecified atom stereocenters. The summed E-state index contributed by atoms with van der Waals surface area (Å²) in [6.07, 6.45) is 0.190. The van der Waals surface area contributed by atoms with Gasteiger partial charge in [0, 0.05) is 6.61 Å². The normalized spacial score (nSPS) is 22.7. The fourth-order valence-corrected chi connectivity index (χ4v) is 0.173. The lowest BCUT2D eigenvalue weighted by molar-refractivity contribution is 0.244. The average molecular weight is 150 g/mol. The van der Waals surface area contributed by atoms with Crippen molar-refractivity contribution in [1.82, 2.24) is 0 Å². The van der Waals surface area contributed by atoms with E-state index in [1.165, 1.54) is 0 Å². The summed E-state index contributed by atoms with van der Waals surface area (Å²) in [4.78, 5) is 0. The Morgan fingerprint density at radius 3 is 2.33 bits per heavy atom. The molecule has 0 spiro atoms. The van der Waals surface area contributed by atoms with Gasteiger partial charge in [-0.25, -0.2) is 0 Å².